The molecule has 0 spiro atoms. The van der Waals surface area contributed by atoms with E-state index in [1.165, 1.54) is 0 Å². The topological polar surface area (TPSA) is 68.0 Å². The highest BCUT2D eigenvalue weighted by atomic mass is 127. The maximum absolute atomic E-state index is 5.36. The molecule has 0 aliphatic carbocycles. The molecule has 1 aromatic heterocycles. The van der Waals surface area contributed by atoms with Crippen LogP contribution in [0.4, 0.5) is 0 Å². The van der Waals surface area contributed by atoms with Gasteiger partial charge in [-0.15, -0.1) is 24.0 Å². The Morgan fingerprint density at radius 2 is 2.04 bits per heavy atom. The van der Waals surface area contributed by atoms with Crippen LogP contribution in [0.2, 0.25) is 0 Å². The van der Waals surface area contributed by atoms with Crippen LogP contribution in [0.25, 0.3) is 0 Å². The molecule has 0 saturated heterocycles. The van der Waals surface area contributed by atoms with Gasteiger partial charge in [0.15, 0.2) is 17.5 Å². The van der Waals surface area contributed by atoms with Gasteiger partial charge < -0.3 is 24.5 Å². The molecule has 0 radical (unpaired) electrons. The van der Waals surface area contributed by atoms with Crippen molar-refractivity contribution in [1.29, 1.82) is 0 Å². The third-order valence-corrected chi connectivity index (χ3v) is 3.86. The lowest BCUT2D eigenvalue weighted by molar-refractivity contribution is 0.352. The van der Waals surface area contributed by atoms with Crippen molar-refractivity contribution in [1.82, 2.24) is 10.6 Å². The zero-order valence-electron chi connectivity index (χ0n) is 14.5. The number of ether oxygens (including phenoxy) is 2. The summed E-state index contributed by atoms with van der Waals surface area (Å²) in [7, 11) is 3.23. The van der Waals surface area contributed by atoms with E-state index in [4.69, 9.17) is 13.9 Å². The molecule has 8 heteroatoms. The number of aliphatic imine (C=N–C) groups is 1. The van der Waals surface area contributed by atoms with E-state index in [0.29, 0.717) is 24.6 Å². The van der Waals surface area contributed by atoms with E-state index < -0.39 is 0 Å². The summed E-state index contributed by atoms with van der Waals surface area (Å²) in [6.45, 7) is 3.89. The average Bonchev–Trinajstić information content (AvgIpc) is 3.10. The molecule has 0 atom stereocenters. The van der Waals surface area contributed by atoms with Crippen molar-refractivity contribution in [3.05, 3.63) is 46.3 Å². The van der Waals surface area contributed by atoms with Crippen molar-refractivity contribution in [2.45, 2.75) is 20.0 Å². The fourth-order valence-corrected chi connectivity index (χ4v) is 2.81. The van der Waals surface area contributed by atoms with Crippen LogP contribution in [0.5, 0.6) is 11.5 Å². The molecule has 2 rings (SSSR count). The van der Waals surface area contributed by atoms with Crippen molar-refractivity contribution in [3.63, 3.8) is 0 Å². The van der Waals surface area contributed by atoms with E-state index in [0.717, 1.165) is 28.3 Å². The van der Waals surface area contributed by atoms with Gasteiger partial charge in [0.1, 0.15) is 5.76 Å². The minimum atomic E-state index is 0. The number of methoxy groups -OCH3 is 2. The van der Waals surface area contributed by atoms with Gasteiger partial charge in [-0.3, -0.25) is 0 Å². The molecule has 0 bridgehead atoms. The Hall–Kier alpha value is -1.42. The van der Waals surface area contributed by atoms with Gasteiger partial charge in [-0.25, -0.2) is 4.99 Å². The number of furan rings is 1. The maximum atomic E-state index is 5.36. The Morgan fingerprint density at radius 1 is 1.24 bits per heavy atom. The molecule has 138 valence electrons. The fraction of sp³-hybridized carbons (Fsp3) is 0.353. The van der Waals surface area contributed by atoms with E-state index in [1.807, 2.05) is 31.2 Å². The van der Waals surface area contributed by atoms with Gasteiger partial charge in [-0.2, -0.15) is 0 Å². The number of hydrogen-bond acceptors (Lipinski definition) is 4. The predicted molar refractivity (Wildman–Crippen MR) is 113 cm³/mol. The Morgan fingerprint density at radius 3 is 2.64 bits per heavy atom. The first-order valence-corrected chi connectivity index (χ1v) is 8.42. The molecule has 0 fully saturated rings. The first-order valence-electron chi connectivity index (χ1n) is 7.62. The quantitative estimate of drug-likeness (QED) is 0.327. The van der Waals surface area contributed by atoms with E-state index in [2.05, 4.69) is 31.6 Å². The van der Waals surface area contributed by atoms with E-state index >= 15 is 0 Å². The van der Waals surface area contributed by atoms with Crippen LogP contribution >= 0.6 is 39.9 Å². The molecule has 0 unspecified atom stereocenters. The van der Waals surface area contributed by atoms with Crippen LogP contribution in [0.15, 0.2) is 44.4 Å². The van der Waals surface area contributed by atoms with E-state index in [-0.39, 0.29) is 24.0 Å². The minimum absolute atomic E-state index is 0. The third kappa shape index (κ3) is 6.43. The maximum Gasteiger partial charge on any atom is 0.191 e. The number of rotatable bonds is 7. The van der Waals surface area contributed by atoms with Gasteiger partial charge in [-0.1, -0.05) is 0 Å². The molecule has 6 nitrogen and oxygen atoms in total. The molecule has 25 heavy (non-hydrogen) atoms. The van der Waals surface area contributed by atoms with E-state index in [1.54, 1.807) is 20.5 Å². The Balaban J connectivity index is 0.00000312. The smallest absolute Gasteiger partial charge is 0.191 e. The minimum Gasteiger partial charge on any atom is -0.493 e. The average molecular weight is 524 g/mol. The SMILES string of the molecule is CCNC(=NCc1cc(Br)c(OC)c(OC)c1)NCc1ccco1.I. The first kappa shape index (κ1) is 21.6. The molecule has 0 aliphatic rings. The van der Waals surface area contributed by atoms with Gasteiger partial charge >= 0.3 is 0 Å². The van der Waals surface area contributed by atoms with Crippen molar-refractivity contribution in [3.8, 4) is 11.5 Å². The highest BCUT2D eigenvalue weighted by Gasteiger charge is 2.10. The zero-order valence-corrected chi connectivity index (χ0v) is 18.4. The lowest BCUT2D eigenvalue weighted by atomic mass is 10.2. The first-order chi connectivity index (χ1) is 11.7. The zero-order chi connectivity index (χ0) is 17.4. The lowest BCUT2D eigenvalue weighted by Crippen LogP contribution is -2.36. The van der Waals surface area contributed by atoms with Crippen LogP contribution in [0.1, 0.15) is 18.2 Å². The highest BCUT2D eigenvalue weighted by Crippen LogP contribution is 2.36. The highest BCUT2D eigenvalue weighted by molar-refractivity contribution is 14.0. The van der Waals surface area contributed by atoms with Crippen molar-refractivity contribution < 1.29 is 13.9 Å². The summed E-state index contributed by atoms with van der Waals surface area (Å²) in [6, 6.07) is 7.67. The third-order valence-electron chi connectivity index (χ3n) is 3.27. The van der Waals surface area contributed by atoms with Gasteiger partial charge in [0.05, 0.1) is 38.0 Å². The van der Waals surface area contributed by atoms with Crippen molar-refractivity contribution in [2.75, 3.05) is 20.8 Å². The predicted octanol–water partition coefficient (Wildman–Crippen LogP) is 3.93. The number of nitrogens with one attached hydrogen (secondary N) is 2. The molecule has 1 heterocycles. The summed E-state index contributed by atoms with van der Waals surface area (Å²) in [5.74, 6) is 2.92. The Bertz CT molecular complexity index is 678. The molecule has 0 saturated carbocycles. The normalized spacial score (nSPS) is 10.8. The molecular weight excluding hydrogens is 501 g/mol. The monoisotopic (exact) mass is 523 g/mol. The molecule has 1 aromatic carbocycles. The van der Waals surface area contributed by atoms with Crippen LogP contribution in [-0.4, -0.2) is 26.7 Å². The Labute approximate surface area is 173 Å². The standard InChI is InChI=1S/C17H22BrN3O3.HI/c1-4-19-17(21-11-13-6-5-7-24-13)20-10-12-8-14(18)16(23-3)15(9-12)22-2;/h5-9H,4,10-11H2,1-3H3,(H2,19,20,21);1H. The second-order valence-electron chi connectivity index (χ2n) is 4.94. The molecule has 2 N–H and O–H groups in total. The molecule has 0 amide bonds. The summed E-state index contributed by atoms with van der Waals surface area (Å²) in [4.78, 5) is 4.59. The van der Waals surface area contributed by atoms with Crippen LogP contribution in [0, 0.1) is 0 Å². The lowest BCUT2D eigenvalue weighted by Gasteiger charge is -2.12. The number of nitrogens with zero attached hydrogens (tertiary/aromatic N) is 1. The number of hydrogen-bond donors (Lipinski definition) is 2. The summed E-state index contributed by atoms with van der Waals surface area (Å²) in [5, 5.41) is 6.45. The second kappa shape index (κ2) is 11.2. The van der Waals surface area contributed by atoms with Gasteiger partial charge in [-0.05, 0) is 52.7 Å². The van der Waals surface area contributed by atoms with E-state index in [9.17, 15) is 0 Å². The van der Waals surface area contributed by atoms with Gasteiger partial charge in [0.25, 0.3) is 0 Å². The van der Waals surface area contributed by atoms with Crippen LogP contribution < -0.4 is 20.1 Å². The number of benzene rings is 1. The molecular formula is C17H23BrIN3O3. The van der Waals surface area contributed by atoms with Crippen LogP contribution in [-0.2, 0) is 13.1 Å². The summed E-state index contributed by atoms with van der Waals surface area (Å²) in [6.07, 6.45) is 1.65. The van der Waals surface area contributed by atoms with Gasteiger partial charge in [0.2, 0.25) is 0 Å². The van der Waals surface area contributed by atoms with Crippen LogP contribution in [0.3, 0.4) is 0 Å². The largest absolute Gasteiger partial charge is 0.493 e. The summed E-state index contributed by atoms with van der Waals surface area (Å²) >= 11 is 3.50. The molecule has 0 aliphatic heterocycles. The summed E-state index contributed by atoms with van der Waals surface area (Å²) in [5.41, 5.74) is 1.01. The second-order valence-corrected chi connectivity index (χ2v) is 5.80. The fourth-order valence-electron chi connectivity index (χ4n) is 2.16. The molecule has 2 aromatic rings. The van der Waals surface area contributed by atoms with Crippen molar-refractivity contribution in [2.24, 2.45) is 4.99 Å². The summed E-state index contributed by atoms with van der Waals surface area (Å²) < 4.78 is 16.8. The Kier molecular flexibility index (Phi) is 9.73. The van der Waals surface area contributed by atoms with Gasteiger partial charge in [0, 0.05) is 6.54 Å². The number of guanidine groups is 1. The number of halogens is 2. The van der Waals surface area contributed by atoms with Crippen molar-refractivity contribution >= 4 is 45.9 Å².